The van der Waals surface area contributed by atoms with Crippen molar-refractivity contribution in [2.24, 2.45) is 0 Å². The fraction of sp³-hybridized carbons (Fsp3) is 0.214. The molecule has 1 N–H and O–H groups in total. The average molecular weight is 530 g/mol. The lowest BCUT2D eigenvalue weighted by Gasteiger charge is -2.35. The summed E-state index contributed by atoms with van der Waals surface area (Å²) in [5, 5.41) is 2.02. The highest BCUT2D eigenvalue weighted by atomic mass is 32.2. The number of sulfonamides is 1. The third-order valence-corrected chi connectivity index (χ3v) is 9.09. The SMILES string of the molecule is O=S(=O)(Nc1ccccc1CCN1CCN(c2nsc3ccccc23)CC1)c1cccc2cccnc12. The number of para-hydroxylation sites is 2. The molecule has 0 unspecified atom stereocenters. The van der Waals surface area contributed by atoms with Crippen LogP contribution in [-0.4, -0.2) is 55.4 Å². The molecule has 0 spiro atoms. The topological polar surface area (TPSA) is 78.4 Å². The van der Waals surface area contributed by atoms with E-state index in [4.69, 9.17) is 4.37 Å². The Kier molecular flexibility index (Phi) is 6.50. The zero-order valence-electron chi connectivity index (χ0n) is 20.2. The van der Waals surface area contributed by atoms with Crippen LogP contribution < -0.4 is 9.62 Å². The Morgan fingerprint density at radius 1 is 0.865 bits per heavy atom. The van der Waals surface area contributed by atoms with E-state index in [1.165, 1.54) is 10.1 Å². The number of benzene rings is 3. The van der Waals surface area contributed by atoms with Gasteiger partial charge in [0.1, 0.15) is 10.7 Å². The Balaban J connectivity index is 1.12. The molecule has 188 valence electrons. The monoisotopic (exact) mass is 529 g/mol. The normalized spacial score (nSPS) is 14.9. The molecule has 7 nitrogen and oxygen atoms in total. The van der Waals surface area contributed by atoms with Crippen LogP contribution in [0, 0.1) is 0 Å². The molecule has 0 saturated carbocycles. The lowest BCUT2D eigenvalue weighted by Crippen LogP contribution is -2.47. The summed E-state index contributed by atoms with van der Waals surface area (Å²) in [5.74, 6) is 1.09. The Bertz CT molecular complexity index is 1650. The number of hydrogen-bond donors (Lipinski definition) is 1. The standard InChI is InChI=1S/C28H27N5O2S2/c34-37(35,26-13-5-8-22-9-6-15-29-27(22)26)31-24-11-3-1-7-21(24)14-16-32-17-19-33(20-18-32)28-23-10-2-4-12-25(23)36-30-28/h1-13,15,31H,14,16-20H2. The second-order valence-electron chi connectivity index (χ2n) is 9.17. The molecular weight excluding hydrogens is 502 g/mol. The summed E-state index contributed by atoms with van der Waals surface area (Å²) in [7, 11) is -3.79. The minimum Gasteiger partial charge on any atom is -0.353 e. The van der Waals surface area contributed by atoms with E-state index in [0.717, 1.165) is 55.9 Å². The highest BCUT2D eigenvalue weighted by molar-refractivity contribution is 7.93. The van der Waals surface area contributed by atoms with Gasteiger partial charge in [0.05, 0.1) is 15.9 Å². The smallest absolute Gasteiger partial charge is 0.264 e. The van der Waals surface area contributed by atoms with Crippen molar-refractivity contribution >= 4 is 54.1 Å². The van der Waals surface area contributed by atoms with Gasteiger partial charge in [-0.2, -0.15) is 4.37 Å². The van der Waals surface area contributed by atoms with Gasteiger partial charge in [0.25, 0.3) is 10.0 Å². The average Bonchev–Trinajstić information content (AvgIpc) is 3.37. The molecule has 5 aromatic rings. The van der Waals surface area contributed by atoms with Gasteiger partial charge in [-0.1, -0.05) is 48.5 Å². The first-order valence-corrected chi connectivity index (χ1v) is 14.6. The molecule has 0 radical (unpaired) electrons. The molecular formula is C28H27N5O2S2. The van der Waals surface area contributed by atoms with E-state index in [1.807, 2.05) is 36.4 Å². The Morgan fingerprint density at radius 3 is 2.54 bits per heavy atom. The number of hydrogen-bond acceptors (Lipinski definition) is 7. The number of nitrogens with zero attached hydrogens (tertiary/aromatic N) is 4. The van der Waals surface area contributed by atoms with Gasteiger partial charge in [-0.25, -0.2) is 8.42 Å². The van der Waals surface area contributed by atoms with Gasteiger partial charge in [-0.3, -0.25) is 14.6 Å². The molecule has 0 aliphatic carbocycles. The Hall–Kier alpha value is -3.53. The minimum atomic E-state index is -3.79. The second kappa shape index (κ2) is 10.1. The van der Waals surface area contributed by atoms with Gasteiger partial charge < -0.3 is 4.90 Å². The van der Waals surface area contributed by atoms with Crippen LogP contribution in [0.5, 0.6) is 0 Å². The van der Waals surface area contributed by atoms with Crippen molar-refractivity contribution in [1.82, 2.24) is 14.3 Å². The first-order chi connectivity index (χ1) is 18.1. The first kappa shape index (κ1) is 23.8. The fourth-order valence-electron chi connectivity index (χ4n) is 4.89. The van der Waals surface area contributed by atoms with Gasteiger partial charge in [-0.15, -0.1) is 0 Å². The predicted molar refractivity (Wildman–Crippen MR) is 151 cm³/mol. The fourth-order valence-corrected chi connectivity index (χ4v) is 6.97. The lowest BCUT2D eigenvalue weighted by molar-refractivity contribution is 0.261. The van der Waals surface area contributed by atoms with Crippen LogP contribution in [0.2, 0.25) is 0 Å². The van der Waals surface area contributed by atoms with E-state index < -0.39 is 10.0 Å². The Labute approximate surface area is 220 Å². The van der Waals surface area contributed by atoms with Crippen molar-refractivity contribution in [3.63, 3.8) is 0 Å². The zero-order valence-corrected chi connectivity index (χ0v) is 21.9. The summed E-state index contributed by atoms with van der Waals surface area (Å²) < 4.78 is 35.4. The van der Waals surface area contributed by atoms with Crippen molar-refractivity contribution in [3.8, 4) is 0 Å². The molecule has 3 heterocycles. The summed E-state index contributed by atoms with van der Waals surface area (Å²) in [6.07, 6.45) is 2.37. The summed E-state index contributed by atoms with van der Waals surface area (Å²) >= 11 is 1.56. The number of anilines is 2. The van der Waals surface area contributed by atoms with Gasteiger partial charge >= 0.3 is 0 Å². The van der Waals surface area contributed by atoms with Crippen LogP contribution in [0.1, 0.15) is 5.56 Å². The van der Waals surface area contributed by atoms with Crippen LogP contribution in [0.15, 0.2) is 90.0 Å². The van der Waals surface area contributed by atoms with E-state index in [-0.39, 0.29) is 4.90 Å². The summed E-state index contributed by atoms with van der Waals surface area (Å²) in [6, 6.07) is 24.9. The van der Waals surface area contributed by atoms with Crippen molar-refractivity contribution in [2.75, 3.05) is 42.3 Å². The number of aromatic nitrogens is 2. The molecule has 2 aromatic heterocycles. The van der Waals surface area contributed by atoms with Crippen LogP contribution in [0.4, 0.5) is 11.5 Å². The minimum absolute atomic E-state index is 0.186. The van der Waals surface area contributed by atoms with Gasteiger partial charge in [0.15, 0.2) is 0 Å². The van der Waals surface area contributed by atoms with Gasteiger partial charge in [0, 0.05) is 49.7 Å². The van der Waals surface area contributed by atoms with Crippen LogP contribution in [-0.2, 0) is 16.4 Å². The molecule has 0 amide bonds. The lowest BCUT2D eigenvalue weighted by atomic mass is 10.1. The molecule has 37 heavy (non-hydrogen) atoms. The third-order valence-electron chi connectivity index (χ3n) is 6.87. The molecule has 1 aliphatic heterocycles. The van der Waals surface area contributed by atoms with Crippen molar-refractivity contribution in [3.05, 3.63) is 90.6 Å². The maximum atomic E-state index is 13.3. The zero-order chi connectivity index (χ0) is 25.2. The number of nitrogens with one attached hydrogen (secondary N) is 1. The molecule has 1 fully saturated rings. The predicted octanol–water partition coefficient (Wildman–Crippen LogP) is 5.01. The molecule has 0 atom stereocenters. The van der Waals surface area contributed by atoms with Crippen LogP contribution in [0.25, 0.3) is 21.0 Å². The highest BCUT2D eigenvalue weighted by Gasteiger charge is 2.22. The molecule has 1 aliphatic rings. The maximum absolute atomic E-state index is 13.3. The van der Waals surface area contributed by atoms with E-state index >= 15 is 0 Å². The number of rotatable bonds is 7. The summed E-state index contributed by atoms with van der Waals surface area (Å²) in [6.45, 7) is 4.61. The van der Waals surface area contributed by atoms with E-state index in [0.29, 0.717) is 11.2 Å². The second-order valence-corrected chi connectivity index (χ2v) is 11.6. The van der Waals surface area contributed by atoms with E-state index in [1.54, 1.807) is 35.9 Å². The van der Waals surface area contributed by atoms with Gasteiger partial charge in [0.2, 0.25) is 0 Å². The van der Waals surface area contributed by atoms with Gasteiger partial charge in [-0.05, 0) is 53.8 Å². The third kappa shape index (κ3) is 4.90. The molecule has 0 bridgehead atoms. The van der Waals surface area contributed by atoms with E-state index in [9.17, 15) is 8.42 Å². The molecule has 6 rings (SSSR count). The first-order valence-electron chi connectivity index (χ1n) is 12.3. The van der Waals surface area contributed by atoms with E-state index in [2.05, 4.69) is 43.8 Å². The van der Waals surface area contributed by atoms with Crippen LogP contribution >= 0.6 is 11.5 Å². The van der Waals surface area contributed by atoms with Crippen molar-refractivity contribution < 1.29 is 8.42 Å². The molecule has 3 aromatic carbocycles. The Morgan fingerprint density at radius 2 is 1.65 bits per heavy atom. The highest BCUT2D eigenvalue weighted by Crippen LogP contribution is 2.30. The quantitative estimate of drug-likeness (QED) is 0.319. The maximum Gasteiger partial charge on any atom is 0.264 e. The number of fused-ring (bicyclic) bond motifs is 2. The number of pyridine rings is 1. The largest absolute Gasteiger partial charge is 0.353 e. The van der Waals surface area contributed by atoms with Crippen molar-refractivity contribution in [1.29, 1.82) is 0 Å². The summed E-state index contributed by atoms with van der Waals surface area (Å²) in [4.78, 5) is 9.31. The summed E-state index contributed by atoms with van der Waals surface area (Å²) in [5.41, 5.74) is 2.07. The molecule has 9 heteroatoms. The molecule has 1 saturated heterocycles. The van der Waals surface area contributed by atoms with Crippen LogP contribution in [0.3, 0.4) is 0 Å². The van der Waals surface area contributed by atoms with Crippen molar-refractivity contribution in [2.45, 2.75) is 11.3 Å². The number of piperazine rings is 1.